The molecule has 5 aliphatic rings. The maximum Gasteiger partial charge on any atom is 0.310 e. The summed E-state index contributed by atoms with van der Waals surface area (Å²) in [6.45, 7) is 12.7. The quantitative estimate of drug-likeness (QED) is 0.528. The van der Waals surface area contributed by atoms with Gasteiger partial charge in [0.2, 0.25) is 0 Å². The highest BCUT2D eigenvalue weighted by molar-refractivity contribution is 5.75. The van der Waals surface area contributed by atoms with Gasteiger partial charge < -0.3 is 14.4 Å². The van der Waals surface area contributed by atoms with Crippen molar-refractivity contribution in [3.63, 3.8) is 0 Å². The zero-order valence-corrected chi connectivity index (χ0v) is 19.9. The van der Waals surface area contributed by atoms with Gasteiger partial charge >= 0.3 is 5.97 Å². The number of aryl methyl sites for hydroxylation is 1. The molecule has 0 bridgehead atoms. The highest BCUT2D eigenvalue weighted by Gasteiger charge is 2.65. The molecule has 3 saturated heterocycles. The summed E-state index contributed by atoms with van der Waals surface area (Å²) in [6, 6.07) is 6.60. The molecule has 2 aliphatic carbocycles. The van der Waals surface area contributed by atoms with Crippen LogP contribution < -0.4 is 4.90 Å². The van der Waals surface area contributed by atoms with E-state index in [0.29, 0.717) is 11.8 Å². The number of fused-ring (bicyclic) bond motifs is 3. The van der Waals surface area contributed by atoms with E-state index in [9.17, 15) is 4.79 Å². The fourth-order valence-corrected chi connectivity index (χ4v) is 7.69. The minimum atomic E-state index is 0.0366. The van der Waals surface area contributed by atoms with Gasteiger partial charge in [-0.2, -0.15) is 0 Å². The Labute approximate surface area is 192 Å². The fourth-order valence-electron chi connectivity index (χ4n) is 7.69. The van der Waals surface area contributed by atoms with Crippen molar-refractivity contribution >= 4 is 11.7 Å². The van der Waals surface area contributed by atoms with Crippen LogP contribution in [-0.4, -0.2) is 61.9 Å². The van der Waals surface area contributed by atoms with E-state index in [2.05, 4.69) is 48.8 Å². The van der Waals surface area contributed by atoms with Crippen LogP contribution in [0.3, 0.4) is 0 Å². The van der Waals surface area contributed by atoms with Crippen molar-refractivity contribution in [2.24, 2.45) is 23.2 Å². The van der Waals surface area contributed by atoms with E-state index < -0.39 is 0 Å². The van der Waals surface area contributed by atoms with Gasteiger partial charge in [-0.1, -0.05) is 19.1 Å². The van der Waals surface area contributed by atoms with Gasteiger partial charge in [-0.05, 0) is 74.5 Å². The third kappa shape index (κ3) is 3.30. The molecular weight excluding hydrogens is 400 g/mol. The highest BCUT2D eigenvalue weighted by Crippen LogP contribution is 2.62. The molecule has 0 N–H and O–H groups in total. The van der Waals surface area contributed by atoms with Gasteiger partial charge in [-0.25, -0.2) is 0 Å². The summed E-state index contributed by atoms with van der Waals surface area (Å²) in [6.07, 6.45) is 6.00. The third-order valence-electron chi connectivity index (χ3n) is 9.82. The number of anilines is 1. The second-order valence-corrected chi connectivity index (χ2v) is 11.6. The molecule has 0 radical (unpaired) electrons. The Bertz CT molecular complexity index is 904. The highest BCUT2D eigenvalue weighted by atomic mass is 16.6. The summed E-state index contributed by atoms with van der Waals surface area (Å²) in [5.41, 5.74) is 4.52. The van der Waals surface area contributed by atoms with Crippen molar-refractivity contribution in [2.75, 3.05) is 44.2 Å². The van der Waals surface area contributed by atoms with Gasteiger partial charge in [-0.3, -0.25) is 9.69 Å². The summed E-state index contributed by atoms with van der Waals surface area (Å²) in [5, 5.41) is 0. The summed E-state index contributed by atoms with van der Waals surface area (Å²) >= 11 is 0. The van der Waals surface area contributed by atoms with E-state index in [4.69, 9.17) is 9.47 Å². The van der Waals surface area contributed by atoms with E-state index in [-0.39, 0.29) is 29.0 Å². The SMILES string of the molecule is Cc1cccc(N2CCN(C[C@H]3C(=O)O[C@@H]4C[C@@]5(C)CCC[C@@]6(CO6)[C@H]5C[C@H]43)CC2)c1C. The van der Waals surface area contributed by atoms with Crippen LogP contribution >= 0.6 is 0 Å². The first-order valence-corrected chi connectivity index (χ1v) is 12.8. The predicted molar refractivity (Wildman–Crippen MR) is 125 cm³/mol. The predicted octanol–water partition coefficient (Wildman–Crippen LogP) is 3.95. The lowest BCUT2D eigenvalue weighted by Gasteiger charge is -2.51. The number of piperazine rings is 1. The first-order chi connectivity index (χ1) is 15.4. The molecule has 0 unspecified atom stereocenters. The second-order valence-electron chi connectivity index (χ2n) is 11.6. The molecule has 0 amide bonds. The van der Waals surface area contributed by atoms with Crippen LogP contribution in [0.4, 0.5) is 5.69 Å². The zero-order chi connectivity index (χ0) is 22.1. The number of hydrogen-bond acceptors (Lipinski definition) is 5. The van der Waals surface area contributed by atoms with Crippen molar-refractivity contribution in [3.8, 4) is 0 Å². The lowest BCUT2D eigenvalue weighted by molar-refractivity contribution is -0.147. The standard InChI is InChI=1S/C27H38N2O3/c1-18-6-4-7-22(19(18)2)29-12-10-28(11-13-29)16-21-20-14-24-26(3,15-23(20)32-25(21)30)8-5-9-27(24)17-31-27/h4,6-7,20-21,23-24H,5,8-17H2,1-3H3/t20-,21+,23+,24-,26+,27+/m0/s1. The molecular formula is C27H38N2O3. The molecule has 6 rings (SSSR count). The van der Waals surface area contributed by atoms with Crippen molar-refractivity contribution in [1.82, 2.24) is 4.90 Å². The Morgan fingerprint density at radius 2 is 1.91 bits per heavy atom. The molecule has 5 nitrogen and oxygen atoms in total. The first-order valence-electron chi connectivity index (χ1n) is 12.8. The lowest BCUT2D eigenvalue weighted by atomic mass is 9.53. The third-order valence-corrected chi connectivity index (χ3v) is 9.82. The van der Waals surface area contributed by atoms with Crippen LogP contribution in [0.1, 0.15) is 50.2 Å². The average molecular weight is 439 g/mol. The molecule has 0 aromatic heterocycles. The smallest absolute Gasteiger partial charge is 0.310 e. The van der Waals surface area contributed by atoms with Crippen LogP contribution in [0.2, 0.25) is 0 Å². The van der Waals surface area contributed by atoms with E-state index >= 15 is 0 Å². The lowest BCUT2D eigenvalue weighted by Crippen LogP contribution is -2.52. The summed E-state index contributed by atoms with van der Waals surface area (Å²) in [7, 11) is 0. The number of benzene rings is 1. The number of nitrogens with zero attached hydrogens (tertiary/aromatic N) is 2. The molecule has 3 aliphatic heterocycles. The van der Waals surface area contributed by atoms with E-state index in [1.54, 1.807) is 0 Å². The van der Waals surface area contributed by atoms with Gasteiger partial charge in [-0.15, -0.1) is 0 Å². The molecule has 2 saturated carbocycles. The van der Waals surface area contributed by atoms with Crippen LogP contribution in [0.15, 0.2) is 18.2 Å². The second kappa shape index (κ2) is 7.46. The largest absolute Gasteiger partial charge is 0.462 e. The average Bonchev–Trinajstić information content (AvgIpc) is 3.47. The number of esters is 1. The zero-order valence-electron chi connectivity index (χ0n) is 19.9. The van der Waals surface area contributed by atoms with Gasteiger partial charge in [0.25, 0.3) is 0 Å². The summed E-state index contributed by atoms with van der Waals surface area (Å²) in [5.74, 6) is 1.07. The molecule has 1 aromatic rings. The van der Waals surface area contributed by atoms with E-state index in [1.807, 2.05) is 0 Å². The van der Waals surface area contributed by atoms with Crippen LogP contribution in [0.5, 0.6) is 0 Å². The molecule has 5 heteroatoms. The maximum atomic E-state index is 13.0. The van der Waals surface area contributed by atoms with Gasteiger partial charge in [0.1, 0.15) is 6.10 Å². The number of ether oxygens (including phenoxy) is 2. The summed E-state index contributed by atoms with van der Waals surface area (Å²) < 4.78 is 12.1. The first kappa shape index (κ1) is 21.0. The number of carbonyl (C=O) groups excluding carboxylic acids is 1. The molecule has 3 heterocycles. The van der Waals surface area contributed by atoms with Crippen molar-refractivity contribution < 1.29 is 14.3 Å². The van der Waals surface area contributed by atoms with Crippen LogP contribution in [-0.2, 0) is 14.3 Å². The molecule has 174 valence electrons. The number of hydrogen-bond donors (Lipinski definition) is 0. The maximum absolute atomic E-state index is 13.0. The number of rotatable bonds is 3. The minimum absolute atomic E-state index is 0.0366. The molecule has 1 spiro atoms. The Kier molecular flexibility index (Phi) is 4.89. The van der Waals surface area contributed by atoms with Gasteiger partial charge in [0.15, 0.2) is 0 Å². The minimum Gasteiger partial charge on any atom is -0.462 e. The Morgan fingerprint density at radius 3 is 2.66 bits per heavy atom. The van der Waals surface area contributed by atoms with Crippen LogP contribution in [0, 0.1) is 37.0 Å². The Morgan fingerprint density at radius 1 is 1.12 bits per heavy atom. The fraction of sp³-hybridized carbons (Fsp3) is 0.741. The Hall–Kier alpha value is -1.59. The van der Waals surface area contributed by atoms with Crippen molar-refractivity contribution in [1.29, 1.82) is 0 Å². The van der Waals surface area contributed by atoms with Crippen molar-refractivity contribution in [3.05, 3.63) is 29.3 Å². The molecule has 6 atom stereocenters. The van der Waals surface area contributed by atoms with Crippen LogP contribution in [0.25, 0.3) is 0 Å². The molecule has 5 fully saturated rings. The normalized spacial score (nSPS) is 41.3. The topological polar surface area (TPSA) is 45.3 Å². The van der Waals surface area contributed by atoms with E-state index in [0.717, 1.165) is 52.2 Å². The Balaban J connectivity index is 1.12. The number of carbonyl (C=O) groups is 1. The van der Waals surface area contributed by atoms with Gasteiger partial charge in [0, 0.05) is 44.3 Å². The number of epoxide rings is 1. The molecule has 32 heavy (non-hydrogen) atoms. The van der Waals surface area contributed by atoms with Crippen molar-refractivity contribution in [2.45, 2.75) is 64.6 Å². The molecule has 1 aromatic carbocycles. The summed E-state index contributed by atoms with van der Waals surface area (Å²) in [4.78, 5) is 18.0. The van der Waals surface area contributed by atoms with E-state index in [1.165, 1.54) is 36.1 Å². The van der Waals surface area contributed by atoms with Gasteiger partial charge in [0.05, 0.1) is 18.1 Å². The monoisotopic (exact) mass is 438 g/mol.